The van der Waals surface area contributed by atoms with E-state index in [2.05, 4.69) is 20.8 Å². The minimum absolute atomic E-state index is 0.101. The predicted molar refractivity (Wildman–Crippen MR) is 119 cm³/mol. The normalized spacial score (nSPS) is 10.6. The first-order chi connectivity index (χ1) is 15.6. The molecule has 0 aliphatic carbocycles. The maximum Gasteiger partial charge on any atom is 0.324 e. The number of urea groups is 1. The van der Waals surface area contributed by atoms with Gasteiger partial charge in [0.2, 0.25) is 0 Å². The van der Waals surface area contributed by atoms with E-state index in [9.17, 15) is 9.18 Å². The zero-order chi connectivity index (χ0) is 22.5. The summed E-state index contributed by atoms with van der Waals surface area (Å²) in [5, 5.41) is 13.1. The molecule has 32 heavy (non-hydrogen) atoms. The second-order valence-electron chi connectivity index (χ2n) is 6.84. The Hall–Kier alpha value is -4.27. The summed E-state index contributed by atoms with van der Waals surface area (Å²) in [5.74, 6) is 1.68. The van der Waals surface area contributed by atoms with Crippen LogP contribution in [0, 0.1) is 5.82 Å². The molecular formula is C23H21FN4O4. The first-order valence-electron chi connectivity index (χ1n) is 9.71. The van der Waals surface area contributed by atoms with E-state index in [0.29, 0.717) is 45.2 Å². The number of halogens is 1. The third-order valence-corrected chi connectivity index (χ3v) is 4.73. The summed E-state index contributed by atoms with van der Waals surface area (Å²) in [6.45, 7) is 0.101. The van der Waals surface area contributed by atoms with Crippen molar-refractivity contribution >= 4 is 28.4 Å². The lowest BCUT2D eigenvalue weighted by atomic mass is 10.2. The number of anilines is 2. The molecular weight excluding hydrogens is 415 g/mol. The zero-order valence-corrected chi connectivity index (χ0v) is 17.4. The van der Waals surface area contributed by atoms with Crippen LogP contribution in [0.5, 0.6) is 17.2 Å². The number of methoxy groups -OCH3 is 2. The van der Waals surface area contributed by atoms with Crippen molar-refractivity contribution in [1.29, 1.82) is 0 Å². The molecule has 164 valence electrons. The molecule has 0 fully saturated rings. The molecule has 0 saturated carbocycles. The Kier molecular flexibility index (Phi) is 6.07. The molecule has 1 aromatic heterocycles. The lowest BCUT2D eigenvalue weighted by molar-refractivity contribution is 0.262. The molecule has 4 rings (SSSR count). The van der Waals surface area contributed by atoms with Crippen molar-refractivity contribution in [1.82, 2.24) is 10.2 Å². The number of nitrogens with zero attached hydrogens (tertiary/aromatic N) is 1. The largest absolute Gasteiger partial charge is 0.497 e. The Morgan fingerprint density at radius 1 is 0.969 bits per heavy atom. The molecule has 0 atom stereocenters. The molecule has 9 heteroatoms. The molecule has 0 saturated heterocycles. The Balaban J connectivity index is 1.44. The van der Waals surface area contributed by atoms with Crippen LogP contribution in [-0.4, -0.2) is 30.4 Å². The number of aromatic nitrogens is 2. The number of carbonyl (C=O) groups is 1. The highest BCUT2D eigenvalue weighted by Crippen LogP contribution is 2.27. The van der Waals surface area contributed by atoms with Gasteiger partial charge in [0.15, 0.2) is 5.82 Å². The van der Waals surface area contributed by atoms with Gasteiger partial charge >= 0.3 is 6.03 Å². The van der Waals surface area contributed by atoms with E-state index in [1.165, 1.54) is 20.3 Å². The van der Waals surface area contributed by atoms with Gasteiger partial charge in [-0.1, -0.05) is 18.2 Å². The topological polar surface area (TPSA) is 97.5 Å². The Bertz CT molecular complexity index is 1240. The van der Waals surface area contributed by atoms with Crippen LogP contribution >= 0.6 is 0 Å². The van der Waals surface area contributed by atoms with E-state index in [-0.39, 0.29) is 12.4 Å². The molecule has 0 bridgehead atoms. The molecule has 0 aliphatic heterocycles. The highest BCUT2D eigenvalue weighted by molar-refractivity contribution is 6.04. The Morgan fingerprint density at radius 2 is 1.72 bits per heavy atom. The van der Waals surface area contributed by atoms with E-state index in [1.54, 1.807) is 54.6 Å². The predicted octanol–water partition coefficient (Wildman–Crippen LogP) is 4.94. The van der Waals surface area contributed by atoms with Crippen molar-refractivity contribution in [3.63, 3.8) is 0 Å². The number of benzene rings is 3. The lowest BCUT2D eigenvalue weighted by Crippen LogP contribution is -2.19. The molecule has 0 aliphatic rings. The standard InChI is InChI=1S/C23H21FN4O4/c1-30-17-9-15(10-18(11-17)31-2)25-23(29)26-22-19-8-7-16(12-21(19)27-28-22)32-13-14-5-3-4-6-20(14)24/h3-12H,13H2,1-2H3,(H3,25,26,27,28,29). The maximum atomic E-state index is 13.8. The molecule has 4 aromatic rings. The fourth-order valence-electron chi connectivity index (χ4n) is 3.11. The van der Waals surface area contributed by atoms with Crippen LogP contribution in [0.3, 0.4) is 0 Å². The molecule has 0 radical (unpaired) electrons. The van der Waals surface area contributed by atoms with Gasteiger partial charge in [-0.3, -0.25) is 10.4 Å². The summed E-state index contributed by atoms with van der Waals surface area (Å²) in [4.78, 5) is 12.5. The van der Waals surface area contributed by atoms with Crippen molar-refractivity contribution in [2.24, 2.45) is 0 Å². The van der Waals surface area contributed by atoms with Gasteiger partial charge in [0.1, 0.15) is 29.7 Å². The number of hydrogen-bond acceptors (Lipinski definition) is 5. The van der Waals surface area contributed by atoms with Crippen LogP contribution in [-0.2, 0) is 6.61 Å². The Labute approximate surface area is 183 Å². The lowest BCUT2D eigenvalue weighted by Gasteiger charge is -2.10. The number of aromatic amines is 1. The van der Waals surface area contributed by atoms with Gasteiger partial charge < -0.3 is 19.5 Å². The molecule has 3 aromatic carbocycles. The van der Waals surface area contributed by atoms with Crippen molar-refractivity contribution in [2.75, 3.05) is 24.9 Å². The monoisotopic (exact) mass is 436 g/mol. The van der Waals surface area contributed by atoms with Gasteiger partial charge in [-0.25, -0.2) is 9.18 Å². The van der Waals surface area contributed by atoms with Gasteiger partial charge in [-0.2, -0.15) is 5.10 Å². The third kappa shape index (κ3) is 4.72. The molecule has 0 spiro atoms. The van der Waals surface area contributed by atoms with Gasteiger partial charge in [0.05, 0.1) is 19.7 Å². The zero-order valence-electron chi connectivity index (χ0n) is 17.4. The average molecular weight is 436 g/mol. The van der Waals surface area contributed by atoms with Crippen molar-refractivity contribution < 1.29 is 23.4 Å². The molecule has 1 heterocycles. The highest BCUT2D eigenvalue weighted by atomic mass is 19.1. The summed E-state index contributed by atoms with van der Waals surface area (Å²) in [5.41, 5.74) is 1.63. The van der Waals surface area contributed by atoms with E-state index in [4.69, 9.17) is 14.2 Å². The minimum atomic E-state index is -0.478. The summed E-state index contributed by atoms with van der Waals surface area (Å²) in [6, 6.07) is 16.2. The van der Waals surface area contributed by atoms with Gasteiger partial charge in [-0.05, 0) is 18.2 Å². The van der Waals surface area contributed by atoms with Gasteiger partial charge in [-0.15, -0.1) is 0 Å². The summed E-state index contributed by atoms with van der Waals surface area (Å²) in [6.07, 6.45) is 0. The third-order valence-electron chi connectivity index (χ3n) is 4.73. The van der Waals surface area contributed by atoms with Gasteiger partial charge in [0.25, 0.3) is 0 Å². The number of hydrogen-bond donors (Lipinski definition) is 3. The van der Waals surface area contributed by atoms with Crippen LogP contribution in [0.15, 0.2) is 60.7 Å². The van der Waals surface area contributed by atoms with E-state index in [1.807, 2.05) is 0 Å². The average Bonchev–Trinajstić information content (AvgIpc) is 3.19. The summed E-state index contributed by atoms with van der Waals surface area (Å²) in [7, 11) is 3.06. The fourth-order valence-corrected chi connectivity index (χ4v) is 3.11. The quantitative estimate of drug-likeness (QED) is 0.381. The van der Waals surface area contributed by atoms with Crippen LogP contribution in [0.1, 0.15) is 5.56 Å². The van der Waals surface area contributed by atoms with Crippen LogP contribution in [0.25, 0.3) is 10.9 Å². The molecule has 3 N–H and O–H groups in total. The van der Waals surface area contributed by atoms with Crippen LogP contribution < -0.4 is 24.8 Å². The fraction of sp³-hybridized carbons (Fsp3) is 0.130. The van der Waals surface area contributed by atoms with Crippen molar-refractivity contribution in [3.05, 3.63) is 72.0 Å². The van der Waals surface area contributed by atoms with Crippen LogP contribution in [0.2, 0.25) is 0 Å². The Morgan fingerprint density at radius 3 is 2.44 bits per heavy atom. The highest BCUT2D eigenvalue weighted by Gasteiger charge is 2.12. The molecule has 2 amide bonds. The van der Waals surface area contributed by atoms with Gasteiger partial charge in [0, 0.05) is 40.9 Å². The minimum Gasteiger partial charge on any atom is -0.497 e. The number of H-pyrrole nitrogens is 1. The molecule has 8 nitrogen and oxygen atoms in total. The first-order valence-corrected chi connectivity index (χ1v) is 9.71. The SMILES string of the molecule is COc1cc(NC(=O)Nc2n[nH]c3cc(OCc4ccccc4F)ccc23)cc(OC)c1. The van der Waals surface area contributed by atoms with Crippen molar-refractivity contribution in [2.45, 2.75) is 6.61 Å². The van der Waals surface area contributed by atoms with Crippen LogP contribution in [0.4, 0.5) is 20.7 Å². The number of nitrogens with one attached hydrogen (secondary N) is 3. The number of ether oxygens (including phenoxy) is 3. The number of carbonyl (C=O) groups excluding carboxylic acids is 1. The number of amides is 2. The first kappa shape index (κ1) is 21.0. The van der Waals surface area contributed by atoms with Crippen molar-refractivity contribution in [3.8, 4) is 17.2 Å². The summed E-state index contributed by atoms with van der Waals surface area (Å²) < 4.78 is 29.9. The maximum absolute atomic E-state index is 13.8. The second-order valence-corrected chi connectivity index (χ2v) is 6.84. The summed E-state index contributed by atoms with van der Waals surface area (Å²) >= 11 is 0. The van der Waals surface area contributed by atoms with E-state index >= 15 is 0 Å². The van der Waals surface area contributed by atoms with E-state index < -0.39 is 6.03 Å². The number of rotatable bonds is 7. The molecule has 0 unspecified atom stereocenters. The van der Waals surface area contributed by atoms with E-state index in [0.717, 1.165) is 0 Å². The number of fused-ring (bicyclic) bond motifs is 1. The second kappa shape index (κ2) is 9.25. The smallest absolute Gasteiger partial charge is 0.324 e.